The summed E-state index contributed by atoms with van der Waals surface area (Å²) in [6.45, 7) is 2.60. The molecule has 1 heterocycles. The molecule has 0 radical (unpaired) electrons. The van der Waals surface area contributed by atoms with Gasteiger partial charge >= 0.3 is 5.97 Å². The highest BCUT2D eigenvalue weighted by Gasteiger charge is 2.14. The van der Waals surface area contributed by atoms with Crippen LogP contribution in [0.2, 0.25) is 5.02 Å². The van der Waals surface area contributed by atoms with Gasteiger partial charge in [0.05, 0.1) is 13.7 Å². The van der Waals surface area contributed by atoms with Gasteiger partial charge in [-0.1, -0.05) is 17.7 Å². The Morgan fingerprint density at radius 1 is 1.43 bits per heavy atom. The van der Waals surface area contributed by atoms with E-state index in [1.807, 2.05) is 12.1 Å². The topological polar surface area (TPSA) is 71.7 Å². The van der Waals surface area contributed by atoms with Gasteiger partial charge in [0.25, 0.3) is 0 Å². The summed E-state index contributed by atoms with van der Waals surface area (Å²) in [6.07, 6.45) is 0. The third-order valence-corrected chi connectivity index (χ3v) is 3.41. The highest BCUT2D eigenvalue weighted by atomic mass is 35.5. The predicted molar refractivity (Wildman–Crippen MR) is 79.0 cm³/mol. The van der Waals surface area contributed by atoms with E-state index in [0.717, 1.165) is 5.56 Å². The Labute approximate surface area is 127 Å². The number of hydrogen-bond acceptors (Lipinski definition) is 4. The maximum atomic E-state index is 10.9. The van der Waals surface area contributed by atoms with Crippen LogP contribution in [-0.4, -0.2) is 18.2 Å². The van der Waals surface area contributed by atoms with E-state index in [4.69, 9.17) is 25.9 Å². The molecule has 2 rings (SSSR count). The monoisotopic (exact) mass is 309 g/mol. The maximum absolute atomic E-state index is 10.9. The van der Waals surface area contributed by atoms with E-state index < -0.39 is 5.97 Å². The zero-order valence-electron chi connectivity index (χ0n) is 11.8. The Morgan fingerprint density at radius 3 is 2.81 bits per heavy atom. The van der Waals surface area contributed by atoms with Crippen LogP contribution in [0.15, 0.2) is 28.7 Å². The molecule has 1 aromatic heterocycles. The van der Waals surface area contributed by atoms with Crippen molar-refractivity contribution in [1.29, 1.82) is 0 Å². The van der Waals surface area contributed by atoms with Crippen molar-refractivity contribution in [2.24, 2.45) is 0 Å². The Kier molecular flexibility index (Phi) is 4.88. The zero-order chi connectivity index (χ0) is 15.4. The average molecular weight is 310 g/mol. The molecule has 112 valence electrons. The van der Waals surface area contributed by atoms with Gasteiger partial charge in [-0.25, -0.2) is 4.79 Å². The van der Waals surface area contributed by atoms with Crippen molar-refractivity contribution in [3.05, 3.63) is 51.9 Å². The third kappa shape index (κ3) is 3.56. The first-order valence-corrected chi connectivity index (χ1v) is 6.75. The SMILES string of the molecule is COc1cccc(Cl)c1CNCc1cc(C)c(C(=O)O)o1. The van der Waals surface area contributed by atoms with Gasteiger partial charge in [0.15, 0.2) is 0 Å². The Bertz CT molecular complexity index is 651. The number of carbonyl (C=O) groups is 1. The second-order valence-corrected chi connectivity index (χ2v) is 4.96. The summed E-state index contributed by atoms with van der Waals surface area (Å²) in [5, 5.41) is 12.7. The molecule has 1 aromatic carbocycles. The molecule has 0 saturated heterocycles. The number of carboxylic acids is 1. The lowest BCUT2D eigenvalue weighted by molar-refractivity contribution is 0.0659. The summed E-state index contributed by atoms with van der Waals surface area (Å²) in [6, 6.07) is 7.16. The van der Waals surface area contributed by atoms with Crippen LogP contribution in [0.1, 0.15) is 27.4 Å². The van der Waals surface area contributed by atoms with Crippen LogP contribution in [0, 0.1) is 6.92 Å². The largest absolute Gasteiger partial charge is 0.496 e. The molecule has 0 saturated carbocycles. The first-order valence-electron chi connectivity index (χ1n) is 6.37. The molecule has 6 heteroatoms. The van der Waals surface area contributed by atoms with Gasteiger partial charge in [-0.2, -0.15) is 0 Å². The fraction of sp³-hybridized carbons (Fsp3) is 0.267. The van der Waals surface area contributed by atoms with Crippen LogP contribution in [0.5, 0.6) is 5.75 Å². The standard InChI is InChI=1S/C15H16ClNO4/c1-9-6-10(21-14(9)15(18)19)7-17-8-11-12(16)4-3-5-13(11)20-2/h3-6,17H,7-8H2,1-2H3,(H,18,19). The zero-order valence-corrected chi connectivity index (χ0v) is 12.5. The summed E-state index contributed by atoms with van der Waals surface area (Å²) >= 11 is 6.14. The first-order chi connectivity index (χ1) is 10.0. The van der Waals surface area contributed by atoms with Crippen molar-refractivity contribution in [3.8, 4) is 5.75 Å². The van der Waals surface area contributed by atoms with Crippen LogP contribution >= 0.6 is 11.6 Å². The van der Waals surface area contributed by atoms with Crippen molar-refractivity contribution in [1.82, 2.24) is 5.32 Å². The highest BCUT2D eigenvalue weighted by Crippen LogP contribution is 2.26. The lowest BCUT2D eigenvalue weighted by Crippen LogP contribution is -2.13. The van der Waals surface area contributed by atoms with Crippen LogP contribution in [0.25, 0.3) is 0 Å². The molecule has 0 atom stereocenters. The summed E-state index contributed by atoms with van der Waals surface area (Å²) in [5.41, 5.74) is 1.46. The van der Waals surface area contributed by atoms with E-state index >= 15 is 0 Å². The lowest BCUT2D eigenvalue weighted by Gasteiger charge is -2.10. The van der Waals surface area contributed by atoms with Gasteiger partial charge < -0.3 is 19.6 Å². The molecule has 0 aliphatic rings. The predicted octanol–water partition coefficient (Wildman–Crippen LogP) is 3.24. The van der Waals surface area contributed by atoms with Crippen molar-refractivity contribution in [3.63, 3.8) is 0 Å². The summed E-state index contributed by atoms with van der Waals surface area (Å²) in [5.74, 6) is 0.182. The number of furan rings is 1. The van der Waals surface area contributed by atoms with Crippen molar-refractivity contribution >= 4 is 17.6 Å². The lowest BCUT2D eigenvalue weighted by atomic mass is 10.2. The summed E-state index contributed by atoms with van der Waals surface area (Å²) in [4.78, 5) is 10.9. The highest BCUT2D eigenvalue weighted by molar-refractivity contribution is 6.31. The fourth-order valence-electron chi connectivity index (χ4n) is 2.06. The van der Waals surface area contributed by atoms with Crippen LogP contribution < -0.4 is 10.1 Å². The number of methoxy groups -OCH3 is 1. The van der Waals surface area contributed by atoms with Crippen molar-refractivity contribution < 1.29 is 19.1 Å². The van der Waals surface area contributed by atoms with E-state index in [0.29, 0.717) is 35.2 Å². The number of ether oxygens (including phenoxy) is 1. The fourth-order valence-corrected chi connectivity index (χ4v) is 2.29. The Balaban J connectivity index is 2.02. The van der Waals surface area contributed by atoms with Crippen LogP contribution in [-0.2, 0) is 13.1 Å². The van der Waals surface area contributed by atoms with E-state index in [1.54, 1.807) is 26.2 Å². The number of rotatable bonds is 6. The minimum absolute atomic E-state index is 0.0258. The number of nitrogens with one attached hydrogen (secondary N) is 1. The smallest absolute Gasteiger partial charge is 0.372 e. The minimum atomic E-state index is -1.06. The molecule has 2 aromatic rings. The molecule has 0 spiro atoms. The molecule has 0 amide bonds. The van der Waals surface area contributed by atoms with E-state index in [-0.39, 0.29) is 5.76 Å². The van der Waals surface area contributed by atoms with Crippen molar-refractivity contribution in [2.45, 2.75) is 20.0 Å². The van der Waals surface area contributed by atoms with Gasteiger partial charge in [-0.05, 0) is 25.1 Å². The number of aromatic carboxylic acids is 1. The summed E-state index contributed by atoms with van der Waals surface area (Å²) in [7, 11) is 1.59. The van der Waals surface area contributed by atoms with Gasteiger partial charge in [0.1, 0.15) is 11.5 Å². The molecule has 0 bridgehead atoms. The van der Waals surface area contributed by atoms with E-state index in [2.05, 4.69) is 5.32 Å². The van der Waals surface area contributed by atoms with E-state index in [1.165, 1.54) is 0 Å². The van der Waals surface area contributed by atoms with Gasteiger partial charge in [0.2, 0.25) is 5.76 Å². The number of benzene rings is 1. The van der Waals surface area contributed by atoms with Crippen LogP contribution in [0.3, 0.4) is 0 Å². The molecule has 0 fully saturated rings. The number of hydrogen-bond donors (Lipinski definition) is 2. The molecule has 0 aliphatic heterocycles. The second kappa shape index (κ2) is 6.65. The maximum Gasteiger partial charge on any atom is 0.372 e. The van der Waals surface area contributed by atoms with Gasteiger partial charge in [0, 0.05) is 22.7 Å². The van der Waals surface area contributed by atoms with Gasteiger partial charge in [-0.3, -0.25) is 0 Å². The van der Waals surface area contributed by atoms with E-state index in [9.17, 15) is 4.79 Å². The first kappa shape index (κ1) is 15.4. The number of aryl methyl sites for hydroxylation is 1. The average Bonchev–Trinajstić information content (AvgIpc) is 2.81. The molecule has 21 heavy (non-hydrogen) atoms. The molecular formula is C15H16ClNO4. The Morgan fingerprint density at radius 2 is 2.19 bits per heavy atom. The molecule has 0 aliphatic carbocycles. The van der Waals surface area contributed by atoms with Crippen LogP contribution in [0.4, 0.5) is 0 Å². The summed E-state index contributed by atoms with van der Waals surface area (Å²) < 4.78 is 10.5. The van der Waals surface area contributed by atoms with Gasteiger partial charge in [-0.15, -0.1) is 0 Å². The quantitative estimate of drug-likeness (QED) is 0.857. The normalized spacial score (nSPS) is 10.6. The number of carboxylic acid groups (broad SMARTS) is 1. The molecule has 0 unspecified atom stereocenters. The molecule has 5 nitrogen and oxygen atoms in total. The van der Waals surface area contributed by atoms with Crippen molar-refractivity contribution in [2.75, 3.05) is 7.11 Å². The molecular weight excluding hydrogens is 294 g/mol. The second-order valence-electron chi connectivity index (χ2n) is 4.55. The third-order valence-electron chi connectivity index (χ3n) is 3.06. The Hall–Kier alpha value is -1.98. The number of halogens is 1. The molecule has 2 N–H and O–H groups in total. The minimum Gasteiger partial charge on any atom is -0.496 e.